The van der Waals surface area contributed by atoms with E-state index in [1.165, 1.54) is 72.7 Å². The van der Waals surface area contributed by atoms with Gasteiger partial charge < -0.3 is 15.0 Å². The van der Waals surface area contributed by atoms with Gasteiger partial charge in [-0.25, -0.2) is 12.8 Å². The van der Waals surface area contributed by atoms with Gasteiger partial charge in [0, 0.05) is 24.0 Å². The maximum absolute atomic E-state index is 14.4. The SMILES string of the molecule is COc1ccc(S(=O)(=O)N(CC(=O)N(Cc2ccc(F)cc2)C(Cc2ccccc2)C(=O)NC(C)C)c2cccc(Cl)c2)cc1. The lowest BCUT2D eigenvalue weighted by Crippen LogP contribution is -2.54. The highest BCUT2D eigenvalue weighted by molar-refractivity contribution is 7.92. The monoisotopic (exact) mass is 651 g/mol. The molecule has 1 N–H and O–H groups in total. The van der Waals surface area contributed by atoms with Crippen molar-refractivity contribution >= 4 is 39.1 Å². The largest absolute Gasteiger partial charge is 0.497 e. The van der Waals surface area contributed by atoms with Crippen LogP contribution in [0.4, 0.5) is 10.1 Å². The molecule has 8 nitrogen and oxygen atoms in total. The third kappa shape index (κ3) is 8.83. The average Bonchev–Trinajstić information content (AvgIpc) is 3.02. The van der Waals surface area contributed by atoms with Crippen LogP contribution in [0.15, 0.2) is 108 Å². The van der Waals surface area contributed by atoms with Crippen molar-refractivity contribution in [2.45, 2.75) is 43.8 Å². The van der Waals surface area contributed by atoms with Gasteiger partial charge in [-0.2, -0.15) is 0 Å². The van der Waals surface area contributed by atoms with E-state index in [4.69, 9.17) is 16.3 Å². The normalized spacial score (nSPS) is 12.0. The van der Waals surface area contributed by atoms with Crippen molar-refractivity contribution in [1.82, 2.24) is 10.2 Å². The fraction of sp³-hybridized carbons (Fsp3) is 0.235. The summed E-state index contributed by atoms with van der Waals surface area (Å²) < 4.78 is 48.1. The number of hydrogen-bond donors (Lipinski definition) is 1. The summed E-state index contributed by atoms with van der Waals surface area (Å²) >= 11 is 6.26. The summed E-state index contributed by atoms with van der Waals surface area (Å²) in [7, 11) is -2.84. The standard InChI is InChI=1S/C34H35ClFN3O5S/c1-24(2)37-34(41)32(20-25-8-5-4-6-9-25)38(22-26-12-14-28(36)15-13-26)33(40)23-39(29-11-7-10-27(35)21-29)45(42,43)31-18-16-30(44-3)17-19-31/h4-19,21,24,32H,20,22-23H2,1-3H3,(H,37,41). The van der Waals surface area contributed by atoms with Crippen molar-refractivity contribution in [2.75, 3.05) is 18.0 Å². The molecular formula is C34H35ClFN3O5S. The number of amides is 2. The van der Waals surface area contributed by atoms with Crippen molar-refractivity contribution in [3.8, 4) is 5.75 Å². The molecule has 4 aromatic rings. The Kier molecular flexibility index (Phi) is 11.2. The van der Waals surface area contributed by atoms with Crippen molar-refractivity contribution in [3.63, 3.8) is 0 Å². The fourth-order valence-electron chi connectivity index (χ4n) is 4.76. The number of halogens is 2. The summed E-state index contributed by atoms with van der Waals surface area (Å²) in [5, 5.41) is 3.17. The molecule has 0 aliphatic heterocycles. The van der Waals surface area contributed by atoms with E-state index in [1.807, 2.05) is 44.2 Å². The Bertz CT molecular complexity index is 1700. The molecule has 0 spiro atoms. The highest BCUT2D eigenvalue weighted by Crippen LogP contribution is 2.28. The Morgan fingerprint density at radius 2 is 1.56 bits per heavy atom. The molecule has 0 radical (unpaired) electrons. The maximum Gasteiger partial charge on any atom is 0.264 e. The van der Waals surface area contributed by atoms with Gasteiger partial charge >= 0.3 is 0 Å². The second kappa shape index (κ2) is 15.0. The first-order valence-electron chi connectivity index (χ1n) is 14.3. The first-order chi connectivity index (χ1) is 21.5. The van der Waals surface area contributed by atoms with Crippen LogP contribution >= 0.6 is 11.6 Å². The zero-order chi connectivity index (χ0) is 32.6. The second-order valence-electron chi connectivity index (χ2n) is 10.7. The summed E-state index contributed by atoms with van der Waals surface area (Å²) in [5.41, 5.74) is 1.53. The number of rotatable bonds is 13. The molecule has 0 fully saturated rings. The molecule has 0 bridgehead atoms. The van der Waals surface area contributed by atoms with Gasteiger partial charge in [0.2, 0.25) is 11.8 Å². The summed E-state index contributed by atoms with van der Waals surface area (Å²) in [5.74, 6) is -1.04. The first-order valence-corrected chi connectivity index (χ1v) is 16.1. The van der Waals surface area contributed by atoms with E-state index in [2.05, 4.69) is 5.32 Å². The molecule has 0 aliphatic carbocycles. The second-order valence-corrected chi connectivity index (χ2v) is 13.0. The summed E-state index contributed by atoms with van der Waals surface area (Å²) in [6.45, 7) is 2.90. The smallest absolute Gasteiger partial charge is 0.264 e. The molecule has 0 heterocycles. The number of nitrogens with one attached hydrogen (secondary N) is 1. The van der Waals surface area contributed by atoms with Gasteiger partial charge in [0.1, 0.15) is 24.2 Å². The first kappa shape index (κ1) is 33.5. The average molecular weight is 652 g/mol. The molecule has 1 atom stereocenters. The summed E-state index contributed by atoms with van der Waals surface area (Å²) in [4.78, 5) is 29.4. The molecule has 1 unspecified atom stereocenters. The zero-order valence-electron chi connectivity index (χ0n) is 25.2. The Labute approximate surface area is 268 Å². The molecule has 2 amide bonds. The van der Waals surface area contributed by atoms with Gasteiger partial charge in [-0.05, 0) is 79.6 Å². The maximum atomic E-state index is 14.4. The van der Waals surface area contributed by atoms with Crippen LogP contribution in [0, 0.1) is 5.82 Å². The zero-order valence-corrected chi connectivity index (χ0v) is 26.8. The molecule has 0 aromatic heterocycles. The molecule has 4 rings (SSSR count). The summed E-state index contributed by atoms with van der Waals surface area (Å²) in [6, 6.07) is 25.5. The van der Waals surface area contributed by atoms with Crippen LogP contribution in [0.5, 0.6) is 5.75 Å². The van der Waals surface area contributed by atoms with Crippen LogP contribution in [0.25, 0.3) is 0 Å². The van der Waals surface area contributed by atoms with Crippen LogP contribution in [0.2, 0.25) is 5.02 Å². The van der Waals surface area contributed by atoms with Gasteiger partial charge in [-0.15, -0.1) is 0 Å². The van der Waals surface area contributed by atoms with Crippen molar-refractivity contribution in [1.29, 1.82) is 0 Å². The van der Waals surface area contributed by atoms with Gasteiger partial charge in [-0.3, -0.25) is 13.9 Å². The number of anilines is 1. The lowest BCUT2D eigenvalue weighted by Gasteiger charge is -2.34. The Hall–Kier alpha value is -4.41. The number of carbonyl (C=O) groups excluding carboxylic acids is 2. The highest BCUT2D eigenvalue weighted by Gasteiger charge is 2.35. The van der Waals surface area contributed by atoms with E-state index >= 15 is 0 Å². The van der Waals surface area contributed by atoms with Crippen LogP contribution in [-0.4, -0.2) is 50.9 Å². The molecular weight excluding hydrogens is 617 g/mol. The Balaban J connectivity index is 1.80. The van der Waals surface area contributed by atoms with Crippen LogP contribution in [0.3, 0.4) is 0 Å². The van der Waals surface area contributed by atoms with E-state index in [0.29, 0.717) is 11.3 Å². The molecule has 4 aromatic carbocycles. The van der Waals surface area contributed by atoms with E-state index in [-0.39, 0.29) is 34.6 Å². The highest BCUT2D eigenvalue weighted by atomic mass is 35.5. The molecule has 11 heteroatoms. The van der Waals surface area contributed by atoms with Crippen LogP contribution in [-0.2, 0) is 32.6 Å². The number of ether oxygens (including phenoxy) is 1. The van der Waals surface area contributed by atoms with E-state index in [9.17, 15) is 22.4 Å². The number of benzene rings is 4. The van der Waals surface area contributed by atoms with E-state index in [0.717, 1.165) is 9.87 Å². The van der Waals surface area contributed by atoms with E-state index in [1.54, 1.807) is 12.1 Å². The minimum atomic E-state index is -4.31. The van der Waals surface area contributed by atoms with Crippen molar-refractivity contribution in [3.05, 3.63) is 125 Å². The molecule has 0 aliphatic rings. The number of sulfonamides is 1. The third-order valence-electron chi connectivity index (χ3n) is 6.99. The molecule has 236 valence electrons. The van der Waals surface area contributed by atoms with Crippen molar-refractivity contribution in [2.24, 2.45) is 0 Å². The fourth-order valence-corrected chi connectivity index (χ4v) is 6.35. The molecule has 0 saturated carbocycles. The van der Waals surface area contributed by atoms with E-state index < -0.39 is 40.2 Å². The van der Waals surface area contributed by atoms with Crippen molar-refractivity contribution < 1.29 is 27.1 Å². The predicted molar refractivity (Wildman–Crippen MR) is 173 cm³/mol. The van der Waals surface area contributed by atoms with Gasteiger partial charge in [0.25, 0.3) is 10.0 Å². The third-order valence-corrected chi connectivity index (χ3v) is 9.01. The lowest BCUT2D eigenvalue weighted by atomic mass is 10.0. The Morgan fingerprint density at radius 1 is 0.889 bits per heavy atom. The van der Waals surface area contributed by atoms with Gasteiger partial charge in [0.15, 0.2) is 0 Å². The van der Waals surface area contributed by atoms with Crippen LogP contribution < -0.4 is 14.4 Å². The minimum Gasteiger partial charge on any atom is -0.497 e. The minimum absolute atomic E-state index is 0.0699. The lowest BCUT2D eigenvalue weighted by molar-refractivity contribution is -0.140. The number of nitrogens with zero attached hydrogens (tertiary/aromatic N) is 2. The van der Waals surface area contributed by atoms with Gasteiger partial charge in [-0.1, -0.05) is 60.1 Å². The summed E-state index contributed by atoms with van der Waals surface area (Å²) in [6.07, 6.45) is 0.161. The number of methoxy groups -OCH3 is 1. The topological polar surface area (TPSA) is 96.0 Å². The predicted octanol–water partition coefficient (Wildman–Crippen LogP) is 5.85. The van der Waals surface area contributed by atoms with Gasteiger partial charge in [0.05, 0.1) is 17.7 Å². The number of carbonyl (C=O) groups is 2. The Morgan fingerprint density at radius 3 is 2.16 bits per heavy atom. The van der Waals surface area contributed by atoms with Crippen LogP contribution in [0.1, 0.15) is 25.0 Å². The molecule has 45 heavy (non-hydrogen) atoms. The number of hydrogen-bond acceptors (Lipinski definition) is 5. The molecule has 0 saturated heterocycles. The quantitative estimate of drug-likeness (QED) is 0.196.